The van der Waals surface area contributed by atoms with Crippen molar-refractivity contribution in [2.24, 2.45) is 0 Å². The summed E-state index contributed by atoms with van der Waals surface area (Å²) < 4.78 is 25.7. The molecule has 1 rings (SSSR count). The van der Waals surface area contributed by atoms with Crippen LogP contribution in [0.15, 0.2) is 0 Å². The predicted octanol–water partition coefficient (Wildman–Crippen LogP) is 2.52. The molecule has 0 saturated heterocycles. The molecule has 0 radical (unpaired) electrons. The summed E-state index contributed by atoms with van der Waals surface area (Å²) >= 11 is 6.84. The van der Waals surface area contributed by atoms with E-state index in [1.807, 2.05) is 13.8 Å². The molecule has 0 amide bonds. The van der Waals surface area contributed by atoms with Gasteiger partial charge >= 0.3 is 0 Å². The minimum Gasteiger partial charge on any atom is -0.259 e. The van der Waals surface area contributed by atoms with E-state index in [9.17, 15) is 8.42 Å². The number of halogens is 1. The first-order chi connectivity index (χ1) is 7.44. The third-order valence-corrected chi connectivity index (χ3v) is 4.78. The Morgan fingerprint density at radius 3 is 2.56 bits per heavy atom. The number of unbranched alkanes of at least 4 members (excludes halogenated alkanes) is 1. The molecule has 4 nitrogen and oxygen atoms in total. The van der Waals surface area contributed by atoms with Crippen LogP contribution in [0.5, 0.6) is 0 Å². The van der Waals surface area contributed by atoms with Crippen molar-refractivity contribution in [2.75, 3.05) is 16.4 Å². The van der Waals surface area contributed by atoms with Gasteiger partial charge < -0.3 is 0 Å². The molecule has 92 valence electrons. The number of hydrogen-bond donors (Lipinski definition) is 1. The minimum atomic E-state index is -3.27. The quantitative estimate of drug-likeness (QED) is 0.644. The van der Waals surface area contributed by atoms with Crippen molar-refractivity contribution in [3.05, 3.63) is 10.6 Å². The lowest BCUT2D eigenvalue weighted by Crippen LogP contribution is -2.16. The van der Waals surface area contributed by atoms with E-state index in [0.717, 1.165) is 10.6 Å². The third kappa shape index (κ3) is 4.27. The normalized spacial score (nSPS) is 11.7. The molecule has 1 N–H and O–H groups in total. The summed E-state index contributed by atoms with van der Waals surface area (Å²) in [5.74, 6) is 0.586. The van der Waals surface area contributed by atoms with E-state index in [2.05, 4.69) is 9.71 Å². The average Bonchev–Trinajstić information content (AvgIpc) is 2.44. The molecule has 1 aromatic rings. The summed E-state index contributed by atoms with van der Waals surface area (Å²) in [7, 11) is -3.27. The Balaban J connectivity index is 2.58. The zero-order valence-corrected chi connectivity index (χ0v) is 11.7. The number of nitrogens with one attached hydrogen (secondary N) is 1. The number of anilines is 1. The van der Waals surface area contributed by atoms with Crippen molar-refractivity contribution < 1.29 is 8.42 Å². The number of sulfonamides is 1. The van der Waals surface area contributed by atoms with Gasteiger partial charge in [0, 0.05) is 10.8 Å². The van der Waals surface area contributed by atoms with E-state index >= 15 is 0 Å². The van der Waals surface area contributed by atoms with Crippen LogP contribution in [0.25, 0.3) is 0 Å². The fourth-order valence-electron chi connectivity index (χ4n) is 1.09. The average molecular weight is 283 g/mol. The molecule has 0 atom stereocenters. The van der Waals surface area contributed by atoms with Crippen molar-refractivity contribution in [1.82, 2.24) is 4.98 Å². The van der Waals surface area contributed by atoms with Gasteiger partial charge in [0.2, 0.25) is 10.0 Å². The third-order valence-electron chi connectivity index (χ3n) is 2.07. The second-order valence-electron chi connectivity index (χ2n) is 3.48. The molecule has 0 spiro atoms. The van der Waals surface area contributed by atoms with Gasteiger partial charge in [0.25, 0.3) is 0 Å². The van der Waals surface area contributed by atoms with Crippen LogP contribution >= 0.6 is 22.9 Å². The largest absolute Gasteiger partial charge is 0.259 e. The van der Waals surface area contributed by atoms with Crippen LogP contribution in [-0.2, 0) is 10.0 Å². The van der Waals surface area contributed by atoms with Crippen molar-refractivity contribution in [3.8, 4) is 0 Å². The van der Waals surface area contributed by atoms with E-state index in [4.69, 9.17) is 11.6 Å². The van der Waals surface area contributed by atoms with E-state index < -0.39 is 10.0 Å². The summed E-state index contributed by atoms with van der Waals surface area (Å²) in [6.07, 6.45) is 1.28. The molecule has 0 aromatic carbocycles. The first-order valence-corrected chi connectivity index (χ1v) is 7.95. The molecule has 1 heterocycles. The lowest BCUT2D eigenvalue weighted by atomic mass is 10.4. The van der Waals surface area contributed by atoms with Crippen LogP contribution in [0.2, 0.25) is 0 Å². The van der Waals surface area contributed by atoms with Gasteiger partial charge in [-0.05, 0) is 26.7 Å². The maximum absolute atomic E-state index is 11.6. The monoisotopic (exact) mass is 282 g/mol. The van der Waals surface area contributed by atoms with Gasteiger partial charge in [-0.25, -0.2) is 13.4 Å². The lowest BCUT2D eigenvalue weighted by Gasteiger charge is -2.03. The van der Waals surface area contributed by atoms with Crippen molar-refractivity contribution >= 4 is 38.1 Å². The number of aryl methyl sites for hydroxylation is 2. The summed E-state index contributed by atoms with van der Waals surface area (Å²) in [6.45, 7) is 3.77. The van der Waals surface area contributed by atoms with E-state index in [1.165, 1.54) is 11.3 Å². The molecule has 0 saturated carbocycles. The smallest absolute Gasteiger partial charge is 0.234 e. The number of hydrogen-bond acceptors (Lipinski definition) is 4. The standard InChI is InChI=1S/C9H15ClN2O2S2/c1-7-8(2)15-9(11-7)12-16(13,14)6-4-3-5-10/h3-6H2,1-2H3,(H,11,12). The Hall–Kier alpha value is -0.330. The van der Waals surface area contributed by atoms with Crippen LogP contribution in [0, 0.1) is 13.8 Å². The van der Waals surface area contributed by atoms with E-state index in [-0.39, 0.29) is 5.75 Å². The van der Waals surface area contributed by atoms with Gasteiger partial charge in [-0.1, -0.05) is 0 Å². The Morgan fingerprint density at radius 1 is 1.38 bits per heavy atom. The molecule has 0 aliphatic rings. The van der Waals surface area contributed by atoms with Gasteiger partial charge in [0.1, 0.15) is 0 Å². The van der Waals surface area contributed by atoms with Crippen molar-refractivity contribution in [2.45, 2.75) is 26.7 Å². The van der Waals surface area contributed by atoms with Gasteiger partial charge in [0.05, 0.1) is 11.4 Å². The Labute approximate surface area is 105 Å². The van der Waals surface area contributed by atoms with Crippen LogP contribution in [0.3, 0.4) is 0 Å². The highest BCUT2D eigenvalue weighted by Gasteiger charge is 2.13. The van der Waals surface area contributed by atoms with Crippen LogP contribution < -0.4 is 4.72 Å². The minimum absolute atomic E-state index is 0.0946. The molecule has 16 heavy (non-hydrogen) atoms. The van der Waals surface area contributed by atoms with Gasteiger partial charge in [-0.3, -0.25) is 4.72 Å². The molecular formula is C9H15ClN2O2S2. The molecule has 0 bridgehead atoms. The summed E-state index contributed by atoms with van der Waals surface area (Å²) in [5.41, 5.74) is 0.864. The number of alkyl halides is 1. The van der Waals surface area contributed by atoms with Crippen LogP contribution in [-0.4, -0.2) is 25.0 Å². The highest BCUT2D eigenvalue weighted by atomic mass is 35.5. The molecule has 0 fully saturated rings. The second-order valence-corrected chi connectivity index (χ2v) is 6.90. The molecule has 0 aliphatic heterocycles. The van der Waals surface area contributed by atoms with Crippen LogP contribution in [0.4, 0.5) is 5.13 Å². The number of thiazole rings is 1. The Bertz CT molecular complexity index is 423. The van der Waals surface area contributed by atoms with Gasteiger partial charge in [-0.2, -0.15) is 0 Å². The highest BCUT2D eigenvalue weighted by molar-refractivity contribution is 7.92. The zero-order chi connectivity index (χ0) is 12.2. The molecule has 0 aliphatic carbocycles. The van der Waals surface area contributed by atoms with Gasteiger partial charge in [-0.15, -0.1) is 22.9 Å². The van der Waals surface area contributed by atoms with Crippen LogP contribution in [0.1, 0.15) is 23.4 Å². The fourth-order valence-corrected chi connectivity index (χ4v) is 3.49. The summed E-state index contributed by atoms with van der Waals surface area (Å²) in [5, 5.41) is 0.445. The lowest BCUT2D eigenvalue weighted by molar-refractivity contribution is 0.598. The van der Waals surface area contributed by atoms with Crippen molar-refractivity contribution in [1.29, 1.82) is 0 Å². The zero-order valence-electron chi connectivity index (χ0n) is 9.29. The first-order valence-electron chi connectivity index (χ1n) is 4.95. The highest BCUT2D eigenvalue weighted by Crippen LogP contribution is 2.22. The first kappa shape index (κ1) is 13.7. The molecule has 1 aromatic heterocycles. The molecular weight excluding hydrogens is 268 g/mol. The van der Waals surface area contributed by atoms with E-state index in [0.29, 0.717) is 23.9 Å². The maximum atomic E-state index is 11.6. The summed E-state index contributed by atoms with van der Waals surface area (Å²) in [6, 6.07) is 0. The Morgan fingerprint density at radius 2 is 2.06 bits per heavy atom. The maximum Gasteiger partial charge on any atom is 0.234 e. The topological polar surface area (TPSA) is 59.1 Å². The van der Waals surface area contributed by atoms with Gasteiger partial charge in [0.15, 0.2) is 5.13 Å². The SMILES string of the molecule is Cc1nc(NS(=O)(=O)CCCCCl)sc1C. The molecule has 7 heteroatoms. The molecule has 0 unspecified atom stereocenters. The fraction of sp³-hybridized carbons (Fsp3) is 0.667. The van der Waals surface area contributed by atoms with Crippen molar-refractivity contribution in [3.63, 3.8) is 0 Å². The predicted molar refractivity (Wildman–Crippen MR) is 69.0 cm³/mol. The number of rotatable bonds is 6. The number of nitrogens with zero attached hydrogens (tertiary/aromatic N) is 1. The Kier molecular flexibility index (Phi) is 5.01. The number of aromatic nitrogens is 1. The van der Waals surface area contributed by atoms with E-state index in [1.54, 1.807) is 0 Å². The summed E-state index contributed by atoms with van der Waals surface area (Å²) in [4.78, 5) is 5.15. The second kappa shape index (κ2) is 5.84.